The number of aromatic amines is 1. The van der Waals surface area contributed by atoms with E-state index in [1.54, 1.807) is 30.0 Å². The van der Waals surface area contributed by atoms with E-state index in [0.29, 0.717) is 23.9 Å². The average Bonchev–Trinajstić information content (AvgIpc) is 3.22. The van der Waals surface area contributed by atoms with E-state index < -0.39 is 0 Å². The standard InChI is InChI=1S/C22H24N6O2S/c1-31-14-12-19(21-24-17-9-4-5-10-18(17)25-21)23-20(29)11-6-13-28-22(30)15-7-2-3-8-16(15)26-27-28/h2-5,7-10,19H,6,11-14H2,1H3,(H,23,29)(H,24,25)/t19-/m1/s1. The minimum atomic E-state index is -0.189. The largest absolute Gasteiger partial charge is 0.346 e. The maximum Gasteiger partial charge on any atom is 0.277 e. The van der Waals surface area contributed by atoms with Gasteiger partial charge in [-0.15, -0.1) is 5.10 Å². The minimum Gasteiger partial charge on any atom is -0.346 e. The van der Waals surface area contributed by atoms with E-state index in [-0.39, 0.29) is 23.9 Å². The normalized spacial score (nSPS) is 12.3. The number of hydrogen-bond donors (Lipinski definition) is 2. The minimum absolute atomic E-state index is 0.0756. The van der Waals surface area contributed by atoms with Crippen LogP contribution in [0.2, 0.25) is 0 Å². The summed E-state index contributed by atoms with van der Waals surface area (Å²) in [7, 11) is 0. The third-order valence-electron chi connectivity index (χ3n) is 5.09. The highest BCUT2D eigenvalue weighted by Gasteiger charge is 2.18. The Labute approximate surface area is 183 Å². The van der Waals surface area contributed by atoms with Crippen molar-refractivity contribution in [2.75, 3.05) is 12.0 Å². The smallest absolute Gasteiger partial charge is 0.277 e. The van der Waals surface area contributed by atoms with Crippen LogP contribution in [0.5, 0.6) is 0 Å². The molecule has 0 radical (unpaired) electrons. The molecule has 0 saturated heterocycles. The molecule has 2 N–H and O–H groups in total. The number of para-hydroxylation sites is 2. The molecule has 9 heteroatoms. The van der Waals surface area contributed by atoms with Crippen LogP contribution in [0.1, 0.15) is 31.1 Å². The van der Waals surface area contributed by atoms with Gasteiger partial charge in [-0.3, -0.25) is 9.59 Å². The monoisotopic (exact) mass is 436 g/mol. The molecule has 4 rings (SSSR count). The maximum absolute atomic E-state index is 12.6. The Balaban J connectivity index is 1.39. The molecule has 0 fully saturated rings. The summed E-state index contributed by atoms with van der Waals surface area (Å²) in [5.41, 5.74) is 2.22. The quantitative estimate of drug-likeness (QED) is 0.418. The van der Waals surface area contributed by atoms with Crippen LogP contribution in [-0.2, 0) is 11.3 Å². The van der Waals surface area contributed by atoms with Crippen LogP contribution in [0, 0.1) is 0 Å². The molecular weight excluding hydrogens is 412 g/mol. The van der Waals surface area contributed by atoms with Crippen molar-refractivity contribution < 1.29 is 4.79 Å². The van der Waals surface area contributed by atoms with Gasteiger partial charge in [0.2, 0.25) is 5.91 Å². The fourth-order valence-electron chi connectivity index (χ4n) is 3.48. The summed E-state index contributed by atoms with van der Waals surface area (Å²) < 4.78 is 1.32. The highest BCUT2D eigenvalue weighted by Crippen LogP contribution is 2.20. The van der Waals surface area contributed by atoms with Gasteiger partial charge in [0.15, 0.2) is 0 Å². The van der Waals surface area contributed by atoms with Crippen molar-refractivity contribution in [2.45, 2.75) is 31.8 Å². The number of carbonyl (C=O) groups excluding carboxylic acids is 1. The highest BCUT2D eigenvalue weighted by molar-refractivity contribution is 7.98. The van der Waals surface area contributed by atoms with Gasteiger partial charge in [-0.05, 0) is 49.1 Å². The molecule has 2 heterocycles. The molecule has 0 aliphatic heterocycles. The summed E-state index contributed by atoms with van der Waals surface area (Å²) >= 11 is 1.73. The molecule has 4 aromatic rings. The molecular formula is C22H24N6O2S. The van der Waals surface area contributed by atoms with Crippen LogP contribution in [-0.4, -0.2) is 42.9 Å². The summed E-state index contributed by atoms with van der Waals surface area (Å²) in [5, 5.41) is 11.7. The van der Waals surface area contributed by atoms with Crippen LogP contribution in [0.25, 0.3) is 21.9 Å². The third kappa shape index (κ3) is 4.93. The average molecular weight is 437 g/mol. The number of imidazole rings is 1. The lowest BCUT2D eigenvalue weighted by Gasteiger charge is -2.16. The summed E-state index contributed by atoms with van der Waals surface area (Å²) in [6, 6.07) is 14.8. The summed E-state index contributed by atoms with van der Waals surface area (Å²) in [6.07, 6.45) is 3.60. The first kappa shape index (κ1) is 21.0. The predicted molar refractivity (Wildman–Crippen MR) is 123 cm³/mol. The molecule has 0 aliphatic carbocycles. The maximum atomic E-state index is 12.6. The van der Waals surface area contributed by atoms with E-state index in [4.69, 9.17) is 0 Å². The first-order valence-electron chi connectivity index (χ1n) is 10.2. The second-order valence-electron chi connectivity index (χ2n) is 7.28. The van der Waals surface area contributed by atoms with Gasteiger partial charge in [-0.2, -0.15) is 11.8 Å². The molecule has 160 valence electrons. The number of aromatic nitrogens is 5. The molecule has 8 nitrogen and oxygen atoms in total. The zero-order valence-electron chi connectivity index (χ0n) is 17.2. The van der Waals surface area contributed by atoms with Crippen molar-refractivity contribution in [2.24, 2.45) is 0 Å². The second-order valence-corrected chi connectivity index (χ2v) is 8.26. The molecule has 1 amide bonds. The molecule has 2 aromatic heterocycles. The molecule has 0 bridgehead atoms. The Morgan fingerprint density at radius 1 is 1.16 bits per heavy atom. The number of carbonyl (C=O) groups is 1. The van der Waals surface area contributed by atoms with Crippen molar-refractivity contribution in [1.82, 2.24) is 30.3 Å². The fraction of sp³-hybridized carbons (Fsp3) is 0.318. The number of benzene rings is 2. The Morgan fingerprint density at radius 2 is 1.94 bits per heavy atom. The van der Waals surface area contributed by atoms with E-state index in [0.717, 1.165) is 29.0 Å². The van der Waals surface area contributed by atoms with Crippen molar-refractivity contribution in [3.05, 3.63) is 64.7 Å². The number of fused-ring (bicyclic) bond motifs is 2. The van der Waals surface area contributed by atoms with Gasteiger partial charge < -0.3 is 10.3 Å². The number of hydrogen-bond acceptors (Lipinski definition) is 6. The summed E-state index contributed by atoms with van der Waals surface area (Å²) in [5.74, 6) is 1.60. The van der Waals surface area contributed by atoms with Crippen LogP contribution in [0.4, 0.5) is 0 Å². The number of amides is 1. The lowest BCUT2D eigenvalue weighted by atomic mass is 10.2. The first-order valence-corrected chi connectivity index (χ1v) is 11.6. The van der Waals surface area contributed by atoms with Crippen molar-refractivity contribution in [1.29, 1.82) is 0 Å². The molecule has 0 unspecified atom stereocenters. The van der Waals surface area contributed by atoms with Crippen molar-refractivity contribution in [3.8, 4) is 0 Å². The molecule has 31 heavy (non-hydrogen) atoms. The van der Waals surface area contributed by atoms with Gasteiger partial charge in [0, 0.05) is 13.0 Å². The summed E-state index contributed by atoms with van der Waals surface area (Å²) in [6.45, 7) is 0.338. The van der Waals surface area contributed by atoms with E-state index in [2.05, 4.69) is 25.6 Å². The van der Waals surface area contributed by atoms with Gasteiger partial charge in [0.25, 0.3) is 5.56 Å². The SMILES string of the molecule is CSCC[C@@H](NC(=O)CCCn1nnc2ccccc2c1=O)c1nc2ccccc2[nH]1. The predicted octanol–water partition coefficient (Wildman–Crippen LogP) is 3.06. The van der Waals surface area contributed by atoms with E-state index in [1.807, 2.05) is 36.6 Å². The fourth-order valence-corrected chi connectivity index (χ4v) is 3.95. The van der Waals surface area contributed by atoms with Crippen LogP contribution in [0.3, 0.4) is 0 Å². The second kappa shape index (κ2) is 9.74. The van der Waals surface area contributed by atoms with Crippen molar-refractivity contribution >= 4 is 39.6 Å². The number of nitrogens with zero attached hydrogens (tertiary/aromatic N) is 4. The number of thioether (sulfide) groups is 1. The number of nitrogens with one attached hydrogen (secondary N) is 2. The zero-order valence-corrected chi connectivity index (χ0v) is 18.1. The Kier molecular flexibility index (Phi) is 6.61. The number of rotatable bonds is 9. The van der Waals surface area contributed by atoms with E-state index in [1.165, 1.54) is 4.68 Å². The Morgan fingerprint density at radius 3 is 2.74 bits per heavy atom. The molecule has 0 aliphatic rings. The summed E-state index contributed by atoms with van der Waals surface area (Å²) in [4.78, 5) is 33.1. The topological polar surface area (TPSA) is 106 Å². The first-order chi connectivity index (χ1) is 15.2. The van der Waals surface area contributed by atoms with Gasteiger partial charge in [0.05, 0.1) is 22.5 Å². The van der Waals surface area contributed by atoms with Crippen LogP contribution in [0.15, 0.2) is 53.3 Å². The zero-order chi connectivity index (χ0) is 21.6. The Hall–Kier alpha value is -3.20. The Bertz CT molecular complexity index is 1220. The van der Waals surface area contributed by atoms with Gasteiger partial charge >= 0.3 is 0 Å². The lowest BCUT2D eigenvalue weighted by Crippen LogP contribution is -2.30. The molecule has 0 saturated carbocycles. The lowest BCUT2D eigenvalue weighted by molar-refractivity contribution is -0.122. The van der Waals surface area contributed by atoms with E-state index >= 15 is 0 Å². The number of aryl methyl sites for hydroxylation is 1. The van der Waals surface area contributed by atoms with E-state index in [9.17, 15) is 9.59 Å². The van der Waals surface area contributed by atoms with Crippen LogP contribution < -0.4 is 10.9 Å². The van der Waals surface area contributed by atoms with Gasteiger partial charge in [0.1, 0.15) is 11.3 Å². The highest BCUT2D eigenvalue weighted by atomic mass is 32.2. The third-order valence-corrected chi connectivity index (χ3v) is 5.73. The number of H-pyrrole nitrogens is 1. The molecule has 2 aromatic carbocycles. The molecule has 0 spiro atoms. The van der Waals surface area contributed by atoms with Gasteiger partial charge in [-0.25, -0.2) is 9.67 Å². The molecule has 1 atom stereocenters. The van der Waals surface area contributed by atoms with Crippen molar-refractivity contribution in [3.63, 3.8) is 0 Å². The van der Waals surface area contributed by atoms with Gasteiger partial charge in [-0.1, -0.05) is 29.5 Å². The van der Waals surface area contributed by atoms with Crippen LogP contribution >= 0.6 is 11.8 Å².